The molecule has 20 heavy (non-hydrogen) atoms. The Kier molecular flexibility index (Phi) is 5.44. The molecule has 4 heteroatoms. The molecule has 1 saturated carbocycles. The lowest BCUT2D eigenvalue weighted by Crippen LogP contribution is -2.52. The van der Waals surface area contributed by atoms with Crippen LogP contribution >= 0.6 is 0 Å². The fourth-order valence-electron chi connectivity index (χ4n) is 3.68. The highest BCUT2D eigenvalue weighted by Gasteiger charge is 2.48. The lowest BCUT2D eigenvalue weighted by Gasteiger charge is -2.30. The first-order valence-corrected chi connectivity index (χ1v) is 8.27. The second kappa shape index (κ2) is 6.90. The van der Waals surface area contributed by atoms with Gasteiger partial charge in [0.05, 0.1) is 6.61 Å². The second-order valence-electron chi connectivity index (χ2n) is 6.51. The molecule has 0 radical (unpaired) electrons. The molecule has 1 saturated heterocycles. The van der Waals surface area contributed by atoms with Gasteiger partial charge in [-0.2, -0.15) is 0 Å². The zero-order valence-electron chi connectivity index (χ0n) is 13.3. The number of carbonyl (C=O) groups excluding carboxylic acids is 1. The highest BCUT2D eigenvalue weighted by atomic mass is 16.5. The Morgan fingerprint density at radius 3 is 2.80 bits per heavy atom. The average Bonchev–Trinajstić information content (AvgIpc) is 3.04. The van der Waals surface area contributed by atoms with E-state index in [4.69, 9.17) is 4.74 Å². The molecule has 0 spiro atoms. The number of hydrogen-bond donors (Lipinski definition) is 1. The van der Waals surface area contributed by atoms with Crippen LogP contribution in [0.15, 0.2) is 0 Å². The first kappa shape index (κ1) is 15.8. The monoisotopic (exact) mass is 282 g/mol. The van der Waals surface area contributed by atoms with E-state index in [-0.39, 0.29) is 5.97 Å². The van der Waals surface area contributed by atoms with Crippen LogP contribution < -0.4 is 5.32 Å². The Balaban J connectivity index is 2.00. The molecular weight excluding hydrogens is 252 g/mol. The van der Waals surface area contributed by atoms with Crippen molar-refractivity contribution in [1.82, 2.24) is 10.2 Å². The molecule has 3 atom stereocenters. The highest BCUT2D eigenvalue weighted by Crippen LogP contribution is 2.36. The van der Waals surface area contributed by atoms with Crippen LogP contribution in [-0.4, -0.2) is 48.7 Å². The van der Waals surface area contributed by atoms with Crippen LogP contribution in [0.4, 0.5) is 0 Å². The van der Waals surface area contributed by atoms with Crippen molar-refractivity contribution in [2.24, 2.45) is 5.92 Å². The Labute approximate surface area is 123 Å². The van der Waals surface area contributed by atoms with Gasteiger partial charge in [0, 0.05) is 12.6 Å². The number of nitrogens with one attached hydrogen (secondary N) is 1. The molecule has 1 aliphatic heterocycles. The molecular formula is C16H30N2O2. The first-order chi connectivity index (χ1) is 9.61. The van der Waals surface area contributed by atoms with Gasteiger partial charge in [0.2, 0.25) is 0 Å². The van der Waals surface area contributed by atoms with Gasteiger partial charge in [0.1, 0.15) is 5.54 Å². The lowest BCUT2D eigenvalue weighted by atomic mass is 9.97. The van der Waals surface area contributed by atoms with Gasteiger partial charge in [0.15, 0.2) is 0 Å². The van der Waals surface area contributed by atoms with Gasteiger partial charge >= 0.3 is 5.97 Å². The quantitative estimate of drug-likeness (QED) is 0.758. The van der Waals surface area contributed by atoms with E-state index < -0.39 is 5.54 Å². The molecule has 0 aromatic rings. The van der Waals surface area contributed by atoms with Gasteiger partial charge in [-0.3, -0.25) is 4.79 Å². The molecule has 1 heterocycles. The first-order valence-electron chi connectivity index (χ1n) is 8.27. The van der Waals surface area contributed by atoms with E-state index in [2.05, 4.69) is 24.1 Å². The number of carbonyl (C=O) groups is 1. The highest BCUT2D eigenvalue weighted by molar-refractivity contribution is 5.81. The minimum absolute atomic E-state index is 0.0387. The minimum Gasteiger partial charge on any atom is -0.465 e. The third-order valence-electron chi connectivity index (χ3n) is 4.84. The van der Waals surface area contributed by atoms with Crippen molar-refractivity contribution in [3.63, 3.8) is 0 Å². The number of nitrogens with zero attached hydrogens (tertiary/aromatic N) is 1. The molecule has 0 bridgehead atoms. The molecule has 116 valence electrons. The Hall–Kier alpha value is -0.610. The van der Waals surface area contributed by atoms with Crippen LogP contribution in [0.5, 0.6) is 0 Å². The summed E-state index contributed by atoms with van der Waals surface area (Å²) in [4.78, 5) is 15.0. The van der Waals surface area contributed by atoms with Crippen LogP contribution in [0.2, 0.25) is 0 Å². The molecule has 2 fully saturated rings. The van der Waals surface area contributed by atoms with Gasteiger partial charge in [-0.15, -0.1) is 0 Å². The van der Waals surface area contributed by atoms with E-state index in [9.17, 15) is 4.79 Å². The lowest BCUT2D eigenvalue weighted by molar-refractivity contribution is -0.151. The van der Waals surface area contributed by atoms with E-state index in [1.807, 2.05) is 6.92 Å². The van der Waals surface area contributed by atoms with E-state index in [1.54, 1.807) is 0 Å². The predicted octanol–water partition coefficient (Wildman–Crippen LogP) is 2.18. The topological polar surface area (TPSA) is 41.6 Å². The fraction of sp³-hybridized carbons (Fsp3) is 0.938. The third kappa shape index (κ3) is 3.34. The standard InChI is InChI=1S/C16H30N2O2/c1-4-9-17-16(15(19)20-5-2)8-6-14(11-16)18-10-7-13(3)12-18/h13-14,17H,4-12H2,1-3H3. The maximum absolute atomic E-state index is 12.4. The summed E-state index contributed by atoms with van der Waals surface area (Å²) in [5.41, 5.74) is -0.428. The Bertz CT molecular complexity index is 334. The third-order valence-corrected chi connectivity index (χ3v) is 4.84. The van der Waals surface area contributed by atoms with E-state index >= 15 is 0 Å². The van der Waals surface area contributed by atoms with Crippen molar-refractivity contribution in [1.29, 1.82) is 0 Å². The summed E-state index contributed by atoms with van der Waals surface area (Å²) in [6, 6.07) is 0.550. The minimum atomic E-state index is -0.428. The van der Waals surface area contributed by atoms with E-state index in [0.29, 0.717) is 12.6 Å². The molecule has 2 rings (SSSR count). The largest absolute Gasteiger partial charge is 0.465 e. The normalized spacial score (nSPS) is 34.5. The van der Waals surface area contributed by atoms with Crippen molar-refractivity contribution < 1.29 is 9.53 Å². The summed E-state index contributed by atoms with van der Waals surface area (Å²) in [6.07, 6.45) is 5.29. The van der Waals surface area contributed by atoms with Gasteiger partial charge in [-0.05, 0) is 58.0 Å². The smallest absolute Gasteiger partial charge is 0.326 e. The second-order valence-corrected chi connectivity index (χ2v) is 6.51. The number of likely N-dealkylation sites (tertiary alicyclic amines) is 1. The summed E-state index contributed by atoms with van der Waals surface area (Å²) in [6.45, 7) is 10.1. The Morgan fingerprint density at radius 2 is 2.20 bits per heavy atom. The molecule has 1 aliphatic carbocycles. The zero-order chi connectivity index (χ0) is 14.6. The molecule has 4 nitrogen and oxygen atoms in total. The number of esters is 1. The van der Waals surface area contributed by atoms with E-state index in [1.165, 1.54) is 19.5 Å². The molecule has 3 unspecified atom stereocenters. The molecule has 0 amide bonds. The van der Waals surface area contributed by atoms with Crippen molar-refractivity contribution in [2.75, 3.05) is 26.2 Å². The molecule has 0 aromatic carbocycles. The van der Waals surface area contributed by atoms with Gasteiger partial charge in [-0.25, -0.2) is 0 Å². The summed E-state index contributed by atoms with van der Waals surface area (Å²) in [5.74, 6) is 0.763. The zero-order valence-corrected chi connectivity index (χ0v) is 13.3. The van der Waals surface area contributed by atoms with Crippen molar-refractivity contribution in [3.8, 4) is 0 Å². The summed E-state index contributed by atoms with van der Waals surface area (Å²) in [5, 5.41) is 3.49. The SMILES string of the molecule is CCCNC1(C(=O)OCC)CCC(N2CCC(C)C2)C1. The maximum Gasteiger partial charge on any atom is 0.326 e. The van der Waals surface area contributed by atoms with Gasteiger partial charge in [-0.1, -0.05) is 13.8 Å². The predicted molar refractivity (Wildman–Crippen MR) is 80.7 cm³/mol. The number of ether oxygens (including phenoxy) is 1. The molecule has 1 N–H and O–H groups in total. The molecule has 0 aromatic heterocycles. The van der Waals surface area contributed by atoms with Gasteiger partial charge < -0.3 is 15.0 Å². The van der Waals surface area contributed by atoms with Crippen LogP contribution in [0, 0.1) is 5.92 Å². The number of rotatable bonds is 6. The van der Waals surface area contributed by atoms with Crippen molar-refractivity contribution in [3.05, 3.63) is 0 Å². The maximum atomic E-state index is 12.4. The fourth-order valence-corrected chi connectivity index (χ4v) is 3.68. The van der Waals surface area contributed by atoms with E-state index in [0.717, 1.165) is 38.1 Å². The Morgan fingerprint density at radius 1 is 1.40 bits per heavy atom. The van der Waals surface area contributed by atoms with Crippen LogP contribution in [0.3, 0.4) is 0 Å². The summed E-state index contributed by atoms with van der Waals surface area (Å²) < 4.78 is 5.34. The van der Waals surface area contributed by atoms with Crippen LogP contribution in [-0.2, 0) is 9.53 Å². The van der Waals surface area contributed by atoms with Crippen LogP contribution in [0.25, 0.3) is 0 Å². The number of hydrogen-bond acceptors (Lipinski definition) is 4. The average molecular weight is 282 g/mol. The van der Waals surface area contributed by atoms with Crippen molar-refractivity contribution in [2.45, 2.75) is 64.5 Å². The van der Waals surface area contributed by atoms with Crippen molar-refractivity contribution >= 4 is 5.97 Å². The summed E-state index contributed by atoms with van der Waals surface area (Å²) in [7, 11) is 0. The van der Waals surface area contributed by atoms with Gasteiger partial charge in [0.25, 0.3) is 0 Å². The summed E-state index contributed by atoms with van der Waals surface area (Å²) >= 11 is 0. The van der Waals surface area contributed by atoms with Crippen LogP contribution in [0.1, 0.15) is 52.9 Å². The molecule has 2 aliphatic rings.